The topological polar surface area (TPSA) is 125 Å². The summed E-state index contributed by atoms with van der Waals surface area (Å²) in [5, 5.41) is 9.08. The zero-order valence-electron chi connectivity index (χ0n) is 16.2. The smallest absolute Gasteiger partial charge is 0.268 e. The second-order valence-electron chi connectivity index (χ2n) is 6.34. The maximum absolute atomic E-state index is 12.8. The molecule has 3 aromatic rings. The Morgan fingerprint density at radius 2 is 1.48 bits per heavy atom. The third-order valence-electron chi connectivity index (χ3n) is 4.24. The molecule has 0 unspecified atom stereocenters. The van der Waals surface area contributed by atoms with Gasteiger partial charge >= 0.3 is 0 Å². The van der Waals surface area contributed by atoms with Crippen molar-refractivity contribution in [2.75, 3.05) is 16.0 Å². The average molecular weight is 433 g/mol. The van der Waals surface area contributed by atoms with Crippen molar-refractivity contribution in [3.63, 3.8) is 0 Å². The van der Waals surface area contributed by atoms with Gasteiger partial charge in [0, 0.05) is 22.5 Å². The minimum atomic E-state index is -0.689. The van der Waals surface area contributed by atoms with Gasteiger partial charge in [0.1, 0.15) is 0 Å². The summed E-state index contributed by atoms with van der Waals surface area (Å²) in [5.41, 5.74) is 3.98. The molecule has 0 spiro atoms. The van der Waals surface area contributed by atoms with Crippen LogP contribution in [-0.2, 0) is 0 Å². The van der Waals surface area contributed by atoms with Crippen LogP contribution in [0.4, 0.5) is 17.1 Å². The number of nitrogen functional groups attached to an aromatic ring is 1. The standard InChI is InChI=1S/C22H19N5O3S/c23-27-21(30)19-15(13-28)7-5-11-18(19)26-20(29)14-6-4-10-17(12-14)25-22(31)24-16-8-2-1-3-9-16/h1-13H,23H2,(H,26,29)(H,27,30)(H2,24,25,31). The van der Waals surface area contributed by atoms with Crippen molar-refractivity contribution >= 4 is 52.5 Å². The van der Waals surface area contributed by atoms with Crippen LogP contribution in [0.1, 0.15) is 31.1 Å². The molecule has 0 fully saturated rings. The van der Waals surface area contributed by atoms with Crippen LogP contribution in [0.5, 0.6) is 0 Å². The van der Waals surface area contributed by atoms with E-state index in [1.165, 1.54) is 12.1 Å². The van der Waals surface area contributed by atoms with E-state index in [2.05, 4.69) is 16.0 Å². The quantitative estimate of drug-likeness (QED) is 0.133. The minimum absolute atomic E-state index is 0.0177. The zero-order chi connectivity index (χ0) is 22.2. The molecule has 3 rings (SSSR count). The van der Waals surface area contributed by atoms with Gasteiger partial charge in [-0.05, 0) is 48.6 Å². The summed E-state index contributed by atoms with van der Waals surface area (Å²) in [7, 11) is 0. The monoisotopic (exact) mass is 433 g/mol. The van der Waals surface area contributed by atoms with Crippen molar-refractivity contribution in [3.8, 4) is 0 Å². The molecule has 31 heavy (non-hydrogen) atoms. The summed E-state index contributed by atoms with van der Waals surface area (Å²) < 4.78 is 0. The number of hydrazine groups is 1. The summed E-state index contributed by atoms with van der Waals surface area (Å²) in [6.07, 6.45) is 0.519. The Kier molecular flexibility index (Phi) is 7.05. The summed E-state index contributed by atoms with van der Waals surface area (Å²) >= 11 is 5.31. The van der Waals surface area contributed by atoms with Crippen LogP contribution in [-0.4, -0.2) is 23.2 Å². The molecule has 3 aromatic carbocycles. The highest BCUT2D eigenvalue weighted by Gasteiger charge is 2.18. The maximum atomic E-state index is 12.8. The van der Waals surface area contributed by atoms with Gasteiger partial charge in [-0.25, -0.2) is 5.84 Å². The molecule has 0 atom stereocenters. The number of hydrogen-bond acceptors (Lipinski definition) is 5. The van der Waals surface area contributed by atoms with Crippen molar-refractivity contribution in [3.05, 3.63) is 89.5 Å². The Bertz CT molecular complexity index is 1140. The van der Waals surface area contributed by atoms with Crippen LogP contribution in [0.2, 0.25) is 0 Å². The van der Waals surface area contributed by atoms with Crippen molar-refractivity contribution in [1.82, 2.24) is 5.43 Å². The molecule has 0 radical (unpaired) electrons. The fourth-order valence-corrected chi connectivity index (χ4v) is 3.08. The molecule has 0 saturated carbocycles. The van der Waals surface area contributed by atoms with E-state index >= 15 is 0 Å². The van der Waals surface area contributed by atoms with E-state index in [0.717, 1.165) is 5.69 Å². The third kappa shape index (κ3) is 5.50. The van der Waals surface area contributed by atoms with Gasteiger partial charge < -0.3 is 16.0 Å². The fourth-order valence-electron chi connectivity index (χ4n) is 2.85. The highest BCUT2D eigenvalue weighted by Crippen LogP contribution is 2.21. The normalized spacial score (nSPS) is 9.97. The van der Waals surface area contributed by atoms with Crippen LogP contribution in [0.15, 0.2) is 72.8 Å². The lowest BCUT2D eigenvalue weighted by Gasteiger charge is -2.13. The first-order chi connectivity index (χ1) is 15.0. The van der Waals surface area contributed by atoms with E-state index in [-0.39, 0.29) is 16.8 Å². The van der Waals surface area contributed by atoms with Gasteiger partial charge in [0.2, 0.25) is 0 Å². The van der Waals surface area contributed by atoms with E-state index in [1.807, 2.05) is 35.8 Å². The number of rotatable bonds is 6. The molecule has 0 bridgehead atoms. The van der Waals surface area contributed by atoms with Crippen LogP contribution in [0.25, 0.3) is 0 Å². The number of benzene rings is 3. The highest BCUT2D eigenvalue weighted by atomic mass is 32.1. The lowest BCUT2D eigenvalue weighted by Crippen LogP contribution is -2.32. The maximum Gasteiger partial charge on any atom is 0.268 e. The lowest BCUT2D eigenvalue weighted by molar-refractivity contribution is 0.0949. The first kappa shape index (κ1) is 21.6. The molecule has 0 aliphatic carbocycles. The van der Waals surface area contributed by atoms with E-state index in [4.69, 9.17) is 18.1 Å². The predicted molar refractivity (Wildman–Crippen MR) is 124 cm³/mol. The second kappa shape index (κ2) is 10.1. The van der Waals surface area contributed by atoms with Gasteiger partial charge in [0.05, 0.1) is 11.3 Å². The largest absolute Gasteiger partial charge is 0.332 e. The Balaban J connectivity index is 1.76. The van der Waals surface area contributed by atoms with E-state index in [9.17, 15) is 14.4 Å². The highest BCUT2D eigenvalue weighted by molar-refractivity contribution is 7.80. The Morgan fingerprint density at radius 3 is 2.19 bits per heavy atom. The van der Waals surface area contributed by atoms with Crippen LogP contribution >= 0.6 is 12.2 Å². The molecule has 156 valence electrons. The van der Waals surface area contributed by atoms with Crippen molar-refractivity contribution < 1.29 is 14.4 Å². The summed E-state index contributed by atoms with van der Waals surface area (Å²) in [4.78, 5) is 36.1. The molecule has 0 heterocycles. The SMILES string of the molecule is NNC(=O)c1c(C=O)cccc1NC(=O)c1cccc(NC(=S)Nc2ccccc2)c1. The fraction of sp³-hybridized carbons (Fsp3) is 0. The summed E-state index contributed by atoms with van der Waals surface area (Å²) in [5.74, 6) is 4.04. The predicted octanol–water partition coefficient (Wildman–Crippen LogP) is 3.16. The number of hydrogen-bond donors (Lipinski definition) is 5. The van der Waals surface area contributed by atoms with Gasteiger partial charge in [-0.1, -0.05) is 36.4 Å². The zero-order valence-corrected chi connectivity index (χ0v) is 17.0. The Labute approximate surface area is 183 Å². The number of nitrogens with two attached hydrogens (primary N) is 1. The van der Waals surface area contributed by atoms with Crippen LogP contribution < -0.4 is 27.2 Å². The van der Waals surface area contributed by atoms with Gasteiger partial charge in [-0.2, -0.15) is 0 Å². The first-order valence-electron chi connectivity index (χ1n) is 9.15. The molecule has 0 saturated heterocycles. The van der Waals surface area contributed by atoms with E-state index < -0.39 is 11.8 Å². The molecule has 6 N–H and O–H groups in total. The molecule has 0 aliphatic rings. The Hall–Kier alpha value is -4.08. The number of anilines is 3. The van der Waals surface area contributed by atoms with Gasteiger partial charge in [-0.15, -0.1) is 0 Å². The lowest BCUT2D eigenvalue weighted by atomic mass is 10.0. The third-order valence-corrected chi connectivity index (χ3v) is 4.45. The van der Waals surface area contributed by atoms with E-state index in [1.54, 1.807) is 30.3 Å². The number of aldehydes is 1. The number of amides is 2. The molecule has 2 amide bonds. The average Bonchev–Trinajstić information content (AvgIpc) is 2.79. The van der Waals surface area contributed by atoms with Gasteiger partial charge in [-0.3, -0.25) is 19.8 Å². The molecule has 8 nitrogen and oxygen atoms in total. The van der Waals surface area contributed by atoms with Crippen molar-refractivity contribution in [1.29, 1.82) is 0 Å². The summed E-state index contributed by atoms with van der Waals surface area (Å²) in [6.45, 7) is 0. The van der Waals surface area contributed by atoms with Crippen LogP contribution in [0, 0.1) is 0 Å². The second-order valence-corrected chi connectivity index (χ2v) is 6.75. The van der Waals surface area contributed by atoms with Crippen molar-refractivity contribution in [2.24, 2.45) is 5.84 Å². The molecule has 0 aliphatic heterocycles. The van der Waals surface area contributed by atoms with Gasteiger partial charge in [0.25, 0.3) is 11.8 Å². The van der Waals surface area contributed by atoms with Gasteiger partial charge in [0.15, 0.2) is 11.4 Å². The molecular weight excluding hydrogens is 414 g/mol. The molecule has 9 heteroatoms. The Morgan fingerprint density at radius 1 is 0.806 bits per heavy atom. The molecular formula is C22H19N5O3S. The minimum Gasteiger partial charge on any atom is -0.332 e. The van der Waals surface area contributed by atoms with Crippen LogP contribution in [0.3, 0.4) is 0 Å². The number of carbonyl (C=O) groups is 3. The number of para-hydroxylation sites is 1. The van der Waals surface area contributed by atoms with Crippen molar-refractivity contribution in [2.45, 2.75) is 0 Å². The van der Waals surface area contributed by atoms with E-state index in [0.29, 0.717) is 22.6 Å². The number of thiocarbonyl (C=S) groups is 1. The molecule has 0 aromatic heterocycles. The first-order valence-corrected chi connectivity index (χ1v) is 9.56. The number of carbonyl (C=O) groups excluding carboxylic acids is 3. The number of nitrogens with one attached hydrogen (secondary N) is 4. The summed E-state index contributed by atoms with van der Waals surface area (Å²) in [6, 6.07) is 20.6.